The third kappa shape index (κ3) is 2.47. The Morgan fingerprint density at radius 1 is 1.47 bits per heavy atom. The van der Waals surface area contributed by atoms with Gasteiger partial charge in [0.2, 0.25) is 0 Å². The number of amides is 1. The van der Waals surface area contributed by atoms with E-state index in [0.29, 0.717) is 5.75 Å². The third-order valence-electron chi connectivity index (χ3n) is 2.40. The number of benzene rings is 1. The molecule has 1 aromatic rings. The van der Waals surface area contributed by atoms with Crippen molar-refractivity contribution in [1.82, 2.24) is 10.6 Å². The molecule has 0 atom stereocenters. The summed E-state index contributed by atoms with van der Waals surface area (Å²) in [5, 5.41) is 5.84. The number of aryl methyl sites for hydroxylation is 1. The number of hydrogen-bond acceptors (Lipinski definition) is 3. The summed E-state index contributed by atoms with van der Waals surface area (Å²) >= 11 is 0. The van der Waals surface area contributed by atoms with Gasteiger partial charge in [-0.05, 0) is 18.6 Å². The van der Waals surface area contributed by atoms with E-state index in [1.807, 2.05) is 25.1 Å². The van der Waals surface area contributed by atoms with Crippen LogP contribution in [0, 0.1) is 6.92 Å². The lowest BCUT2D eigenvalue weighted by molar-refractivity contribution is 0.190. The third-order valence-corrected chi connectivity index (χ3v) is 2.40. The Hall–Kier alpha value is -1.55. The molecule has 0 saturated carbocycles. The van der Waals surface area contributed by atoms with Crippen LogP contribution in [0.25, 0.3) is 0 Å². The van der Waals surface area contributed by atoms with Crippen molar-refractivity contribution in [1.29, 1.82) is 0 Å². The number of carbonyl (C=O) groups is 1. The molecule has 1 amide bonds. The Kier molecular flexibility index (Phi) is 2.87. The molecule has 0 bridgehead atoms. The van der Waals surface area contributed by atoms with Gasteiger partial charge in [0.05, 0.1) is 6.04 Å². The lowest BCUT2D eigenvalue weighted by Crippen LogP contribution is -2.57. The van der Waals surface area contributed by atoms with Gasteiger partial charge in [-0.25, -0.2) is 4.79 Å². The number of hydrogen-bond donors (Lipinski definition) is 2. The van der Waals surface area contributed by atoms with Crippen molar-refractivity contribution < 1.29 is 9.53 Å². The zero-order valence-electron chi connectivity index (χ0n) is 8.62. The number of rotatable bonds is 2. The Balaban J connectivity index is 1.90. The van der Waals surface area contributed by atoms with Crippen LogP contribution in [0.5, 0.6) is 5.75 Å². The molecule has 1 aromatic carbocycles. The molecule has 0 radical (unpaired) electrons. The average molecular weight is 206 g/mol. The maximum Gasteiger partial charge on any atom is 0.412 e. The van der Waals surface area contributed by atoms with Crippen LogP contribution in [0.15, 0.2) is 24.3 Å². The van der Waals surface area contributed by atoms with Gasteiger partial charge in [0.1, 0.15) is 5.75 Å². The molecule has 1 fully saturated rings. The van der Waals surface area contributed by atoms with Crippen molar-refractivity contribution in [3.8, 4) is 5.75 Å². The maximum atomic E-state index is 11.4. The van der Waals surface area contributed by atoms with Crippen molar-refractivity contribution in [2.75, 3.05) is 13.1 Å². The van der Waals surface area contributed by atoms with Gasteiger partial charge in [-0.1, -0.05) is 18.2 Å². The standard InChI is InChI=1S/C11H14N2O2/c1-8-4-2-3-5-10(8)15-11(14)13-9-6-12-7-9/h2-5,9,12H,6-7H2,1H3,(H,13,14). The van der Waals surface area contributed by atoms with Gasteiger partial charge in [-0.15, -0.1) is 0 Å². The van der Waals surface area contributed by atoms with Crippen LogP contribution in [0.3, 0.4) is 0 Å². The van der Waals surface area contributed by atoms with Gasteiger partial charge < -0.3 is 15.4 Å². The highest BCUT2D eigenvalue weighted by molar-refractivity contribution is 5.71. The number of nitrogens with one attached hydrogen (secondary N) is 2. The highest BCUT2D eigenvalue weighted by atomic mass is 16.6. The van der Waals surface area contributed by atoms with Crippen LogP contribution in [-0.2, 0) is 0 Å². The van der Waals surface area contributed by atoms with E-state index in [1.165, 1.54) is 0 Å². The van der Waals surface area contributed by atoms with E-state index < -0.39 is 0 Å². The molecule has 80 valence electrons. The van der Waals surface area contributed by atoms with E-state index >= 15 is 0 Å². The number of carbonyl (C=O) groups excluding carboxylic acids is 1. The van der Waals surface area contributed by atoms with Crippen LogP contribution < -0.4 is 15.4 Å². The van der Waals surface area contributed by atoms with Gasteiger partial charge in [0.25, 0.3) is 0 Å². The topological polar surface area (TPSA) is 50.4 Å². The van der Waals surface area contributed by atoms with Gasteiger partial charge in [-0.3, -0.25) is 0 Å². The van der Waals surface area contributed by atoms with E-state index in [-0.39, 0.29) is 12.1 Å². The Morgan fingerprint density at radius 3 is 2.80 bits per heavy atom. The lowest BCUT2D eigenvalue weighted by atomic mass is 10.2. The van der Waals surface area contributed by atoms with Crippen molar-refractivity contribution in [3.63, 3.8) is 0 Å². The van der Waals surface area contributed by atoms with E-state index in [1.54, 1.807) is 6.07 Å². The molecular weight excluding hydrogens is 192 g/mol. The van der Waals surface area contributed by atoms with Crippen LogP contribution in [0.4, 0.5) is 4.79 Å². The monoisotopic (exact) mass is 206 g/mol. The predicted molar refractivity (Wildman–Crippen MR) is 57.0 cm³/mol. The van der Waals surface area contributed by atoms with Crippen molar-refractivity contribution >= 4 is 6.09 Å². The first-order chi connectivity index (χ1) is 7.25. The molecule has 1 aliphatic heterocycles. The van der Waals surface area contributed by atoms with Gasteiger partial charge in [-0.2, -0.15) is 0 Å². The van der Waals surface area contributed by atoms with Crippen LogP contribution in [-0.4, -0.2) is 25.2 Å². The predicted octanol–water partition coefficient (Wildman–Crippen LogP) is 1.06. The van der Waals surface area contributed by atoms with E-state index in [0.717, 1.165) is 18.7 Å². The quantitative estimate of drug-likeness (QED) is 0.760. The van der Waals surface area contributed by atoms with Crippen LogP contribution >= 0.6 is 0 Å². The fraction of sp³-hybridized carbons (Fsp3) is 0.364. The molecule has 0 spiro atoms. The van der Waals surface area contributed by atoms with E-state index in [2.05, 4.69) is 10.6 Å². The number of para-hydroxylation sites is 1. The first kappa shape index (κ1) is 9.98. The minimum atomic E-state index is -0.379. The van der Waals surface area contributed by atoms with Crippen LogP contribution in [0.1, 0.15) is 5.56 Å². The molecule has 15 heavy (non-hydrogen) atoms. The molecule has 1 heterocycles. The number of ether oxygens (including phenoxy) is 1. The first-order valence-corrected chi connectivity index (χ1v) is 5.00. The fourth-order valence-electron chi connectivity index (χ4n) is 1.36. The largest absolute Gasteiger partial charge is 0.412 e. The zero-order chi connectivity index (χ0) is 10.7. The van der Waals surface area contributed by atoms with Crippen molar-refractivity contribution in [2.24, 2.45) is 0 Å². The van der Waals surface area contributed by atoms with E-state index in [4.69, 9.17) is 4.74 Å². The zero-order valence-corrected chi connectivity index (χ0v) is 8.62. The highest BCUT2D eigenvalue weighted by Gasteiger charge is 2.19. The fourth-order valence-corrected chi connectivity index (χ4v) is 1.36. The lowest BCUT2D eigenvalue weighted by Gasteiger charge is -2.27. The smallest absolute Gasteiger partial charge is 0.410 e. The van der Waals surface area contributed by atoms with Gasteiger partial charge >= 0.3 is 6.09 Å². The second-order valence-electron chi connectivity index (χ2n) is 3.65. The normalized spacial score (nSPS) is 15.5. The average Bonchev–Trinajstić information content (AvgIpc) is 2.16. The molecule has 0 aliphatic carbocycles. The molecule has 0 unspecified atom stereocenters. The summed E-state index contributed by atoms with van der Waals surface area (Å²) < 4.78 is 5.17. The molecule has 2 N–H and O–H groups in total. The summed E-state index contributed by atoms with van der Waals surface area (Å²) in [6.45, 7) is 3.55. The Bertz CT molecular complexity index is 361. The first-order valence-electron chi connectivity index (χ1n) is 5.00. The van der Waals surface area contributed by atoms with Crippen molar-refractivity contribution in [3.05, 3.63) is 29.8 Å². The highest BCUT2D eigenvalue weighted by Crippen LogP contribution is 2.16. The molecular formula is C11H14N2O2. The molecule has 4 heteroatoms. The van der Waals surface area contributed by atoms with Crippen molar-refractivity contribution in [2.45, 2.75) is 13.0 Å². The minimum Gasteiger partial charge on any atom is -0.410 e. The van der Waals surface area contributed by atoms with Gasteiger partial charge in [0, 0.05) is 13.1 Å². The summed E-state index contributed by atoms with van der Waals surface area (Å²) in [6.07, 6.45) is -0.379. The van der Waals surface area contributed by atoms with Gasteiger partial charge in [0.15, 0.2) is 0 Å². The Morgan fingerprint density at radius 2 is 2.20 bits per heavy atom. The second-order valence-corrected chi connectivity index (χ2v) is 3.65. The summed E-state index contributed by atoms with van der Waals surface area (Å²) in [7, 11) is 0. The molecule has 1 aliphatic rings. The summed E-state index contributed by atoms with van der Waals surface area (Å²) in [6, 6.07) is 7.67. The Labute approximate surface area is 88.6 Å². The molecule has 1 saturated heterocycles. The SMILES string of the molecule is Cc1ccccc1OC(=O)NC1CNC1. The van der Waals surface area contributed by atoms with Crippen LogP contribution in [0.2, 0.25) is 0 Å². The summed E-state index contributed by atoms with van der Waals surface area (Å²) in [4.78, 5) is 11.4. The molecule has 2 rings (SSSR count). The maximum absolute atomic E-state index is 11.4. The summed E-state index contributed by atoms with van der Waals surface area (Å²) in [5.41, 5.74) is 0.958. The van der Waals surface area contributed by atoms with E-state index in [9.17, 15) is 4.79 Å². The second kappa shape index (κ2) is 4.31. The molecule has 0 aromatic heterocycles. The molecule has 4 nitrogen and oxygen atoms in total. The summed E-state index contributed by atoms with van der Waals surface area (Å²) in [5.74, 6) is 0.613. The minimum absolute atomic E-state index is 0.210.